The van der Waals surface area contributed by atoms with Gasteiger partial charge in [-0.2, -0.15) is 26.3 Å². The van der Waals surface area contributed by atoms with Crippen molar-refractivity contribution >= 4 is 33.6 Å². The van der Waals surface area contributed by atoms with E-state index in [-0.39, 0.29) is 18.2 Å². The van der Waals surface area contributed by atoms with Gasteiger partial charge in [-0.15, -0.1) is 0 Å². The molecule has 0 fully saturated rings. The first kappa shape index (κ1) is 29.8. The number of carbonyl (C=O) groups excluding carboxylic acids is 2. The zero-order valence-corrected chi connectivity index (χ0v) is 22.7. The highest BCUT2D eigenvalue weighted by Crippen LogP contribution is 2.43. The maximum absolute atomic E-state index is 13.4. The number of halogens is 7. The second-order valence-electron chi connectivity index (χ2n) is 9.41. The normalized spacial score (nSPS) is 16.2. The lowest BCUT2D eigenvalue weighted by molar-refractivity contribution is -0.143. The van der Waals surface area contributed by atoms with Gasteiger partial charge >= 0.3 is 18.4 Å². The van der Waals surface area contributed by atoms with Crippen LogP contribution in [0.1, 0.15) is 67.5 Å². The van der Waals surface area contributed by atoms with Crippen LogP contribution >= 0.6 is 15.9 Å². The Labute approximate surface area is 224 Å². The molecule has 208 valence electrons. The lowest BCUT2D eigenvalue weighted by atomic mass is 9.96. The zero-order valence-electron chi connectivity index (χ0n) is 21.1. The summed E-state index contributed by atoms with van der Waals surface area (Å²) in [6.07, 6.45) is -10.3. The summed E-state index contributed by atoms with van der Waals surface area (Å²) in [4.78, 5) is 28.5. The SMILES string of the molecule is CC(=O)N(Cc1cc(C(F)(F)F)cc(C(F)(F)F)c1)C1CCCN(C(=O)OC(C)C)c2c1ccc(Br)c2C. The lowest BCUT2D eigenvalue weighted by Crippen LogP contribution is -2.35. The Balaban J connectivity index is 2.12. The molecule has 2 aromatic carbocycles. The average Bonchev–Trinajstić information content (AvgIpc) is 2.98. The molecule has 12 heteroatoms. The predicted octanol–water partition coefficient (Wildman–Crippen LogP) is 8.03. The summed E-state index contributed by atoms with van der Waals surface area (Å²) in [7, 11) is 0. The summed E-state index contributed by atoms with van der Waals surface area (Å²) in [6, 6.07) is 4.02. The first-order valence-corrected chi connectivity index (χ1v) is 12.6. The van der Waals surface area contributed by atoms with Crippen molar-refractivity contribution in [3.8, 4) is 0 Å². The van der Waals surface area contributed by atoms with Crippen molar-refractivity contribution in [2.45, 2.75) is 71.6 Å². The van der Waals surface area contributed by atoms with Gasteiger partial charge in [-0.3, -0.25) is 9.69 Å². The number of nitrogens with zero attached hydrogens (tertiary/aromatic N) is 2. The fraction of sp³-hybridized carbons (Fsp3) is 0.462. The van der Waals surface area contributed by atoms with Crippen molar-refractivity contribution in [1.82, 2.24) is 4.90 Å². The van der Waals surface area contributed by atoms with Gasteiger partial charge in [0.15, 0.2) is 0 Å². The molecular formula is C26H27BrF6N2O3. The molecule has 0 saturated carbocycles. The number of carbonyl (C=O) groups is 2. The Hall–Kier alpha value is -2.76. The summed E-state index contributed by atoms with van der Waals surface area (Å²) in [5, 5.41) is 0. The highest BCUT2D eigenvalue weighted by atomic mass is 79.9. The number of ether oxygens (including phenoxy) is 1. The van der Waals surface area contributed by atoms with Crippen molar-refractivity contribution in [3.63, 3.8) is 0 Å². The molecule has 1 unspecified atom stereocenters. The average molecular weight is 609 g/mol. The number of benzene rings is 2. The highest BCUT2D eigenvalue weighted by Gasteiger charge is 2.38. The van der Waals surface area contributed by atoms with Crippen molar-refractivity contribution in [3.05, 3.63) is 62.6 Å². The van der Waals surface area contributed by atoms with Crippen molar-refractivity contribution in [1.29, 1.82) is 0 Å². The molecule has 1 atom stereocenters. The van der Waals surface area contributed by atoms with Crippen molar-refractivity contribution in [2.24, 2.45) is 0 Å². The van der Waals surface area contributed by atoms with E-state index in [1.54, 1.807) is 32.9 Å². The molecule has 5 nitrogen and oxygen atoms in total. The van der Waals surface area contributed by atoms with Crippen molar-refractivity contribution < 1.29 is 40.7 Å². The van der Waals surface area contributed by atoms with E-state index >= 15 is 0 Å². The van der Waals surface area contributed by atoms with Crippen LogP contribution in [0.25, 0.3) is 0 Å². The van der Waals surface area contributed by atoms with Crippen LogP contribution in [0.4, 0.5) is 36.8 Å². The Morgan fingerprint density at radius 3 is 2.16 bits per heavy atom. The number of hydrogen-bond donors (Lipinski definition) is 0. The minimum Gasteiger partial charge on any atom is -0.446 e. The Morgan fingerprint density at radius 1 is 1.08 bits per heavy atom. The molecule has 0 spiro atoms. The molecular weight excluding hydrogens is 582 g/mol. The van der Waals surface area contributed by atoms with Crippen LogP contribution in [0.3, 0.4) is 0 Å². The van der Waals surface area contributed by atoms with Gasteiger partial charge in [0.05, 0.1) is 29.0 Å². The van der Waals surface area contributed by atoms with E-state index in [9.17, 15) is 35.9 Å². The standard InChI is InChI=1S/C26H27BrF6N2O3/c1-14(2)38-24(37)34-9-5-6-22(20-7-8-21(27)15(3)23(20)34)35(16(4)36)13-17-10-18(25(28,29)30)12-19(11-17)26(31,32)33/h7-8,10-12,14,22H,5-6,9,13H2,1-4H3. The highest BCUT2D eigenvalue weighted by molar-refractivity contribution is 9.10. The maximum Gasteiger partial charge on any atom is 0.416 e. The summed E-state index contributed by atoms with van der Waals surface area (Å²) < 4.78 is 86.6. The van der Waals surface area contributed by atoms with Crippen molar-refractivity contribution in [2.75, 3.05) is 11.4 Å². The van der Waals surface area contributed by atoms with Gasteiger partial charge in [0.25, 0.3) is 0 Å². The molecule has 1 aliphatic heterocycles. The number of amides is 2. The maximum atomic E-state index is 13.4. The fourth-order valence-electron chi connectivity index (χ4n) is 4.55. The first-order valence-electron chi connectivity index (χ1n) is 11.8. The van der Waals surface area contributed by atoms with Crippen LogP contribution in [-0.2, 0) is 28.4 Å². The van der Waals surface area contributed by atoms with Gasteiger partial charge < -0.3 is 9.64 Å². The molecule has 1 heterocycles. The summed E-state index contributed by atoms with van der Waals surface area (Å²) in [6.45, 7) is 6.14. The van der Waals surface area contributed by atoms with E-state index in [4.69, 9.17) is 4.74 Å². The number of rotatable bonds is 4. The molecule has 0 radical (unpaired) electrons. The van der Waals surface area contributed by atoms with Crippen LogP contribution in [0.5, 0.6) is 0 Å². The van der Waals surface area contributed by atoms with Gasteiger partial charge in [-0.25, -0.2) is 4.79 Å². The van der Waals surface area contributed by atoms with Crippen LogP contribution in [-0.4, -0.2) is 29.5 Å². The molecule has 0 N–H and O–H groups in total. The molecule has 3 rings (SSSR count). The Morgan fingerprint density at radius 2 is 1.66 bits per heavy atom. The third-order valence-electron chi connectivity index (χ3n) is 6.22. The zero-order chi connectivity index (χ0) is 28.6. The van der Waals surface area contributed by atoms with E-state index in [0.29, 0.717) is 46.3 Å². The van der Waals surface area contributed by atoms with Gasteiger partial charge in [0, 0.05) is 24.5 Å². The van der Waals surface area contributed by atoms with E-state index in [1.807, 2.05) is 0 Å². The summed E-state index contributed by atoms with van der Waals surface area (Å²) >= 11 is 3.45. The largest absolute Gasteiger partial charge is 0.446 e. The number of fused-ring (bicyclic) bond motifs is 1. The minimum atomic E-state index is -5.01. The molecule has 2 aromatic rings. The second kappa shape index (κ2) is 11.2. The Bertz CT molecular complexity index is 1180. The third-order valence-corrected chi connectivity index (χ3v) is 7.08. The van der Waals surface area contributed by atoms with Gasteiger partial charge in [-0.1, -0.05) is 22.0 Å². The predicted molar refractivity (Wildman–Crippen MR) is 132 cm³/mol. The summed E-state index contributed by atoms with van der Waals surface area (Å²) in [5.41, 5.74) is -1.50. The van der Waals surface area contributed by atoms with E-state index in [2.05, 4.69) is 15.9 Å². The monoisotopic (exact) mass is 608 g/mol. The molecule has 38 heavy (non-hydrogen) atoms. The van der Waals surface area contributed by atoms with E-state index in [1.165, 1.54) is 16.7 Å². The molecule has 0 saturated heterocycles. The minimum absolute atomic E-state index is 0.0572. The number of anilines is 1. The molecule has 0 aliphatic carbocycles. The quantitative estimate of drug-likeness (QED) is 0.330. The second-order valence-corrected chi connectivity index (χ2v) is 10.3. The molecule has 2 amide bonds. The van der Waals surface area contributed by atoms with Gasteiger partial charge in [0.1, 0.15) is 0 Å². The van der Waals surface area contributed by atoms with Crippen LogP contribution < -0.4 is 4.90 Å². The number of hydrogen-bond acceptors (Lipinski definition) is 3. The molecule has 1 aliphatic rings. The molecule has 0 aromatic heterocycles. The smallest absolute Gasteiger partial charge is 0.416 e. The first-order chi connectivity index (χ1) is 17.5. The van der Waals surface area contributed by atoms with Crippen LogP contribution in [0, 0.1) is 6.92 Å². The third kappa shape index (κ3) is 6.62. The number of alkyl halides is 6. The van der Waals surface area contributed by atoms with Gasteiger partial charge in [0.2, 0.25) is 5.91 Å². The topological polar surface area (TPSA) is 49.9 Å². The van der Waals surface area contributed by atoms with E-state index in [0.717, 1.165) is 0 Å². The van der Waals surface area contributed by atoms with Gasteiger partial charge in [-0.05, 0) is 74.6 Å². The fourth-order valence-corrected chi connectivity index (χ4v) is 4.87. The summed E-state index contributed by atoms with van der Waals surface area (Å²) in [5.74, 6) is -0.536. The van der Waals surface area contributed by atoms with Crippen LogP contribution in [0.2, 0.25) is 0 Å². The van der Waals surface area contributed by atoms with E-state index < -0.39 is 54.2 Å². The van der Waals surface area contributed by atoms with Crippen LogP contribution in [0.15, 0.2) is 34.8 Å². The molecule has 0 bridgehead atoms. The Kier molecular flexibility index (Phi) is 8.74. The lowest BCUT2D eigenvalue weighted by Gasteiger charge is -2.33.